The van der Waals surface area contributed by atoms with Gasteiger partial charge in [-0.3, -0.25) is 0 Å². The highest BCUT2D eigenvalue weighted by Gasteiger charge is 2.34. The fourth-order valence-corrected chi connectivity index (χ4v) is 2.51. The van der Waals surface area contributed by atoms with Crippen LogP contribution in [-0.4, -0.2) is 13.1 Å². The van der Waals surface area contributed by atoms with Crippen molar-refractivity contribution < 1.29 is 0 Å². The summed E-state index contributed by atoms with van der Waals surface area (Å²) >= 11 is 0. The van der Waals surface area contributed by atoms with Gasteiger partial charge in [-0.05, 0) is 30.0 Å². The van der Waals surface area contributed by atoms with Gasteiger partial charge in [-0.2, -0.15) is 0 Å². The molecule has 0 spiro atoms. The standard InChI is InChI=1S/C12H13N/c1-2-4-11-9(3-1)7-10-5-6-13-8-12(10)11/h1-4,10,12-13H,5-6,8H2. The zero-order valence-corrected chi connectivity index (χ0v) is 7.59. The van der Waals surface area contributed by atoms with E-state index in [1.165, 1.54) is 17.5 Å². The Balaban J connectivity index is 2.01. The molecule has 1 heteroatoms. The average Bonchev–Trinajstić information content (AvgIpc) is 2.56. The molecule has 0 saturated carbocycles. The molecule has 1 fully saturated rings. The highest BCUT2D eigenvalue weighted by molar-refractivity contribution is 5.43. The van der Waals surface area contributed by atoms with E-state index in [1.54, 1.807) is 0 Å². The van der Waals surface area contributed by atoms with Gasteiger partial charge in [0.2, 0.25) is 0 Å². The fraction of sp³-hybridized carbons (Fsp3) is 0.417. The van der Waals surface area contributed by atoms with Crippen LogP contribution in [0.25, 0.3) is 0 Å². The van der Waals surface area contributed by atoms with E-state index in [9.17, 15) is 0 Å². The Labute approximate surface area is 79.2 Å². The van der Waals surface area contributed by atoms with Gasteiger partial charge in [0, 0.05) is 18.9 Å². The van der Waals surface area contributed by atoms with E-state index in [2.05, 4.69) is 36.0 Å². The van der Waals surface area contributed by atoms with E-state index in [0.29, 0.717) is 11.8 Å². The van der Waals surface area contributed by atoms with E-state index in [-0.39, 0.29) is 0 Å². The molecule has 1 aromatic carbocycles. The zero-order valence-electron chi connectivity index (χ0n) is 7.59. The second-order valence-corrected chi connectivity index (χ2v) is 3.94. The van der Waals surface area contributed by atoms with Crippen molar-refractivity contribution >= 4 is 0 Å². The number of benzene rings is 1. The predicted molar refractivity (Wildman–Crippen MR) is 52.5 cm³/mol. The molecule has 1 aliphatic heterocycles. The summed E-state index contributed by atoms with van der Waals surface area (Å²) in [5.74, 6) is 1.38. The molecule has 0 aromatic heterocycles. The van der Waals surface area contributed by atoms with Crippen LogP contribution >= 0.6 is 0 Å². The Hall–Kier alpha value is -0.820. The van der Waals surface area contributed by atoms with Crippen molar-refractivity contribution in [3.63, 3.8) is 0 Å². The smallest absolute Gasteiger partial charge is 0.0208 e. The molecular weight excluding hydrogens is 158 g/mol. The molecule has 3 rings (SSSR count). The number of fused-ring (bicyclic) bond motifs is 3. The SMILES string of the molecule is [C]1c2ccccc2C2CNCCC12. The molecule has 13 heavy (non-hydrogen) atoms. The molecule has 66 valence electrons. The zero-order chi connectivity index (χ0) is 8.67. The van der Waals surface area contributed by atoms with E-state index >= 15 is 0 Å². The van der Waals surface area contributed by atoms with Crippen molar-refractivity contribution in [2.24, 2.45) is 5.92 Å². The quantitative estimate of drug-likeness (QED) is 0.628. The van der Waals surface area contributed by atoms with Crippen molar-refractivity contribution in [2.75, 3.05) is 13.1 Å². The van der Waals surface area contributed by atoms with Crippen LogP contribution in [0.5, 0.6) is 0 Å². The summed E-state index contributed by atoms with van der Waals surface area (Å²) in [6.07, 6.45) is 4.85. The maximum Gasteiger partial charge on any atom is 0.0208 e. The summed E-state index contributed by atoms with van der Waals surface area (Å²) < 4.78 is 0. The first-order valence-electron chi connectivity index (χ1n) is 5.01. The number of hydrogen-bond donors (Lipinski definition) is 1. The Morgan fingerprint density at radius 1 is 1.31 bits per heavy atom. The molecular formula is C12H13N. The average molecular weight is 171 g/mol. The van der Waals surface area contributed by atoms with Crippen molar-refractivity contribution in [2.45, 2.75) is 12.3 Å². The molecule has 1 aromatic rings. The summed E-state index contributed by atoms with van der Waals surface area (Å²) in [6, 6.07) is 8.68. The molecule has 2 atom stereocenters. The first-order valence-corrected chi connectivity index (χ1v) is 5.01. The van der Waals surface area contributed by atoms with Gasteiger partial charge in [0.15, 0.2) is 0 Å². The minimum atomic E-state index is 0.679. The first kappa shape index (κ1) is 7.57. The number of nitrogens with one attached hydrogen (secondary N) is 1. The van der Waals surface area contributed by atoms with Gasteiger partial charge in [0.25, 0.3) is 0 Å². The lowest BCUT2D eigenvalue weighted by Crippen LogP contribution is -2.32. The van der Waals surface area contributed by atoms with Gasteiger partial charge in [0.1, 0.15) is 0 Å². The van der Waals surface area contributed by atoms with Gasteiger partial charge >= 0.3 is 0 Å². The van der Waals surface area contributed by atoms with Gasteiger partial charge in [-0.15, -0.1) is 0 Å². The Morgan fingerprint density at radius 3 is 3.23 bits per heavy atom. The van der Waals surface area contributed by atoms with Crippen LogP contribution in [-0.2, 0) is 0 Å². The number of hydrogen-bond acceptors (Lipinski definition) is 1. The molecule has 1 heterocycles. The Morgan fingerprint density at radius 2 is 2.23 bits per heavy atom. The summed E-state index contributed by atoms with van der Waals surface area (Å²) in [7, 11) is 0. The molecule has 1 aliphatic carbocycles. The molecule has 1 N–H and O–H groups in total. The van der Waals surface area contributed by atoms with E-state index < -0.39 is 0 Å². The summed E-state index contributed by atoms with van der Waals surface area (Å²) in [5, 5.41) is 3.46. The molecule has 2 unspecified atom stereocenters. The van der Waals surface area contributed by atoms with Crippen molar-refractivity contribution in [3.8, 4) is 0 Å². The van der Waals surface area contributed by atoms with Crippen LogP contribution in [0.4, 0.5) is 0 Å². The van der Waals surface area contributed by atoms with Gasteiger partial charge in [-0.1, -0.05) is 24.3 Å². The Kier molecular flexibility index (Phi) is 1.66. The van der Waals surface area contributed by atoms with Crippen LogP contribution in [0.3, 0.4) is 0 Å². The molecule has 1 saturated heterocycles. The maximum atomic E-state index is 3.60. The maximum absolute atomic E-state index is 3.60. The first-order chi connectivity index (χ1) is 6.45. The minimum absolute atomic E-state index is 0.679. The number of piperidine rings is 1. The van der Waals surface area contributed by atoms with E-state index in [4.69, 9.17) is 0 Å². The van der Waals surface area contributed by atoms with Crippen molar-refractivity contribution in [3.05, 3.63) is 41.8 Å². The highest BCUT2D eigenvalue weighted by Crippen LogP contribution is 2.41. The Bertz CT molecular complexity index is 319. The normalized spacial score (nSPS) is 31.1. The van der Waals surface area contributed by atoms with Gasteiger partial charge < -0.3 is 5.32 Å². The van der Waals surface area contributed by atoms with Crippen molar-refractivity contribution in [1.82, 2.24) is 5.32 Å². The third-order valence-electron chi connectivity index (χ3n) is 3.18. The monoisotopic (exact) mass is 171 g/mol. The summed E-state index contributed by atoms with van der Waals surface area (Å²) in [6.45, 7) is 2.29. The van der Waals surface area contributed by atoms with Crippen LogP contribution in [0.2, 0.25) is 0 Å². The van der Waals surface area contributed by atoms with Crippen LogP contribution in [0, 0.1) is 12.3 Å². The van der Waals surface area contributed by atoms with Gasteiger partial charge in [0.05, 0.1) is 0 Å². The lowest BCUT2D eigenvalue weighted by molar-refractivity contribution is 0.383. The van der Waals surface area contributed by atoms with Crippen LogP contribution in [0.1, 0.15) is 23.5 Å². The molecule has 0 amide bonds. The van der Waals surface area contributed by atoms with Crippen LogP contribution in [0.15, 0.2) is 24.3 Å². The minimum Gasteiger partial charge on any atom is -0.316 e. The van der Waals surface area contributed by atoms with E-state index in [1.807, 2.05) is 0 Å². The largest absolute Gasteiger partial charge is 0.316 e. The molecule has 1 nitrogen and oxygen atoms in total. The highest BCUT2D eigenvalue weighted by atomic mass is 14.9. The third-order valence-corrected chi connectivity index (χ3v) is 3.18. The molecule has 0 bridgehead atoms. The topological polar surface area (TPSA) is 12.0 Å². The summed E-state index contributed by atoms with van der Waals surface area (Å²) in [5.41, 5.74) is 2.85. The number of rotatable bonds is 0. The van der Waals surface area contributed by atoms with E-state index in [0.717, 1.165) is 13.1 Å². The predicted octanol–water partition coefficient (Wildman–Crippen LogP) is 1.82. The van der Waals surface area contributed by atoms with Gasteiger partial charge in [-0.25, -0.2) is 0 Å². The second kappa shape index (κ2) is 2.85. The van der Waals surface area contributed by atoms with Crippen molar-refractivity contribution in [1.29, 1.82) is 0 Å². The molecule has 2 aliphatic rings. The second-order valence-electron chi connectivity index (χ2n) is 3.94. The lowest BCUT2D eigenvalue weighted by Gasteiger charge is -2.26. The van der Waals surface area contributed by atoms with Crippen LogP contribution < -0.4 is 5.32 Å². The molecule has 2 radical (unpaired) electrons. The lowest BCUT2D eigenvalue weighted by atomic mass is 9.87. The third kappa shape index (κ3) is 1.11. The summed E-state index contributed by atoms with van der Waals surface area (Å²) in [4.78, 5) is 0. The fourth-order valence-electron chi connectivity index (χ4n) is 2.51.